The summed E-state index contributed by atoms with van der Waals surface area (Å²) in [7, 11) is -3.44. The first-order chi connectivity index (χ1) is 21.3. The topological polar surface area (TPSA) is 130 Å². The second-order valence-corrected chi connectivity index (χ2v) is 13.0. The first kappa shape index (κ1) is 42.7. The van der Waals surface area contributed by atoms with Gasteiger partial charge in [-0.2, -0.15) is 19.5 Å². The van der Waals surface area contributed by atoms with Gasteiger partial charge in [0, 0.05) is 37.2 Å². The number of nitrogens with zero attached hydrogens (tertiary/aromatic N) is 6. The van der Waals surface area contributed by atoms with Gasteiger partial charge in [-0.25, -0.2) is 30.5 Å². The van der Waals surface area contributed by atoms with E-state index in [1.807, 2.05) is 79.8 Å². The normalized spacial score (nSPS) is 14.9. The lowest BCUT2D eigenvalue weighted by Crippen LogP contribution is -2.45. The summed E-state index contributed by atoms with van der Waals surface area (Å²) in [6.07, 6.45) is 4.56. The number of nitrogen functional groups attached to an aromatic ring is 1. The van der Waals surface area contributed by atoms with Crippen molar-refractivity contribution in [2.45, 2.75) is 106 Å². The number of azo groups is 1. The highest BCUT2D eigenvalue weighted by atomic mass is 32.2. The number of anilines is 2. The predicted molar refractivity (Wildman–Crippen MR) is 181 cm³/mol. The van der Waals surface area contributed by atoms with Crippen LogP contribution in [0.15, 0.2) is 52.5 Å². The Balaban J connectivity index is 0.000000876. The number of hydrogen-bond acceptors (Lipinski definition) is 8. The first-order valence-corrected chi connectivity index (χ1v) is 17.1. The van der Waals surface area contributed by atoms with E-state index in [4.69, 9.17) is 5.73 Å². The molecule has 1 saturated heterocycles. The van der Waals surface area contributed by atoms with Gasteiger partial charge < -0.3 is 11.1 Å². The second-order valence-electron chi connectivity index (χ2n) is 11.0. The molecule has 3 N–H and O–H groups in total. The molecule has 0 amide bonds. The Hall–Kier alpha value is -3.33. The van der Waals surface area contributed by atoms with Gasteiger partial charge in [-0.05, 0) is 71.3 Å². The molecule has 3 heterocycles. The summed E-state index contributed by atoms with van der Waals surface area (Å²) in [6.45, 7) is 21.3. The minimum absolute atomic E-state index is 0.0278. The molecule has 0 unspecified atom stereocenters. The summed E-state index contributed by atoms with van der Waals surface area (Å²) >= 11 is 0. The van der Waals surface area contributed by atoms with Gasteiger partial charge in [0.25, 0.3) is 5.92 Å². The minimum Gasteiger partial charge on any atom is -0.366 e. The van der Waals surface area contributed by atoms with E-state index in [0.29, 0.717) is 5.82 Å². The molecule has 0 bridgehead atoms. The lowest BCUT2D eigenvalue weighted by atomic mass is 10.1. The van der Waals surface area contributed by atoms with Gasteiger partial charge in [0.1, 0.15) is 5.52 Å². The van der Waals surface area contributed by atoms with Crippen molar-refractivity contribution in [2.24, 2.45) is 10.2 Å². The van der Waals surface area contributed by atoms with Crippen molar-refractivity contribution in [2.75, 3.05) is 30.4 Å². The van der Waals surface area contributed by atoms with Gasteiger partial charge >= 0.3 is 0 Å². The van der Waals surface area contributed by atoms with E-state index >= 15 is 0 Å². The maximum absolute atomic E-state index is 12.7. The number of sulfonamides is 1. The number of nitrogens with two attached hydrogens (primary N) is 1. The van der Waals surface area contributed by atoms with Gasteiger partial charge in [-0.3, -0.25) is 0 Å². The third-order valence-corrected chi connectivity index (χ3v) is 7.03. The lowest BCUT2D eigenvalue weighted by Gasteiger charge is -2.30. The van der Waals surface area contributed by atoms with Crippen molar-refractivity contribution < 1.29 is 26.0 Å². The number of nitrogens with one attached hydrogen (secondary N) is 1. The number of rotatable bonds is 9. The monoisotopic (exact) mass is 676 g/mol. The highest BCUT2D eigenvalue weighted by Crippen LogP contribution is 2.28. The van der Waals surface area contributed by atoms with Crippen molar-refractivity contribution in [1.29, 1.82) is 0 Å². The Labute approximate surface area is 272 Å². The van der Waals surface area contributed by atoms with Crippen LogP contribution >= 0.6 is 0 Å². The quantitative estimate of drug-likeness (QED) is 0.156. The number of aromatic nitrogens is 3. The maximum atomic E-state index is 12.7. The molecule has 0 saturated carbocycles. The van der Waals surface area contributed by atoms with Crippen LogP contribution in [0.3, 0.4) is 0 Å². The van der Waals surface area contributed by atoms with Gasteiger partial charge in [0.05, 0.1) is 24.5 Å². The molecule has 0 radical (unpaired) electrons. The van der Waals surface area contributed by atoms with Crippen molar-refractivity contribution in [3.05, 3.63) is 47.8 Å². The third kappa shape index (κ3) is 15.8. The van der Waals surface area contributed by atoms with Crippen LogP contribution in [-0.4, -0.2) is 71.1 Å². The Bertz CT molecular complexity index is 1430. The summed E-state index contributed by atoms with van der Waals surface area (Å²) in [5.74, 6) is -1.94. The number of piperidine rings is 1. The van der Waals surface area contributed by atoms with Crippen LogP contribution < -0.4 is 11.1 Å². The van der Waals surface area contributed by atoms with E-state index < -0.39 is 28.9 Å². The number of halogens is 4. The predicted octanol–water partition coefficient (Wildman–Crippen LogP) is 8.22. The fraction of sp³-hybridized carbons (Fsp3) is 0.613. The summed E-state index contributed by atoms with van der Waals surface area (Å²) in [4.78, 5) is 4.36. The molecule has 46 heavy (non-hydrogen) atoms. The van der Waals surface area contributed by atoms with Crippen LogP contribution in [0.1, 0.15) is 87.1 Å². The van der Waals surface area contributed by atoms with Crippen LogP contribution in [0.4, 0.5) is 29.3 Å². The standard InChI is InChI=1S/C20H29N7.C6H11F2NO2S.C3H6F2.C2H6/c1-12(2)17(25-24-14(5)6)9-8-15(7)16-10-11-27-18(16)19(22-13(3)4)23-20(21)26-27;1-12(10,11)9-4-2-3-6(7,8)5-9;1-2-3(4)5;1-2/h8-11,13-14H,7H2,1-6H3,(H3,21,22,23,26);2-5H2,1H3;3H,2H2,1H3;1-2H3/b9-8-,25-24?;;;. The minimum atomic E-state index is -3.44. The summed E-state index contributed by atoms with van der Waals surface area (Å²) in [5.41, 5.74) is 10.3. The molecule has 0 atom stereocenters. The average molecular weight is 677 g/mol. The first-order valence-electron chi connectivity index (χ1n) is 15.3. The van der Waals surface area contributed by atoms with Crippen molar-refractivity contribution in [1.82, 2.24) is 18.9 Å². The summed E-state index contributed by atoms with van der Waals surface area (Å²) in [6, 6.07) is 2.32. The smallest absolute Gasteiger partial charge is 0.261 e. The lowest BCUT2D eigenvalue weighted by molar-refractivity contribution is -0.0432. The molecule has 0 aliphatic carbocycles. The van der Waals surface area contributed by atoms with Crippen molar-refractivity contribution in [3.63, 3.8) is 0 Å². The highest BCUT2D eigenvalue weighted by molar-refractivity contribution is 7.88. The van der Waals surface area contributed by atoms with Crippen LogP contribution in [-0.2, 0) is 10.0 Å². The van der Waals surface area contributed by atoms with E-state index in [0.717, 1.165) is 38.5 Å². The van der Waals surface area contributed by atoms with Gasteiger partial charge in [0.15, 0.2) is 5.82 Å². The molecule has 2 aromatic heterocycles. The zero-order valence-corrected chi connectivity index (χ0v) is 29.6. The molecule has 1 fully saturated rings. The molecular formula is C31H52F4N8O2S. The molecule has 1 aliphatic heterocycles. The fourth-order valence-corrected chi connectivity index (χ4v) is 4.52. The van der Waals surface area contributed by atoms with Crippen LogP contribution in [0.25, 0.3) is 11.1 Å². The molecule has 10 nitrogen and oxygen atoms in total. The Kier molecular flexibility index (Phi) is 18.6. The summed E-state index contributed by atoms with van der Waals surface area (Å²) < 4.78 is 71.2. The van der Waals surface area contributed by atoms with Crippen LogP contribution in [0.5, 0.6) is 0 Å². The molecule has 3 rings (SSSR count). The number of fused-ring (bicyclic) bond motifs is 1. The molecule has 15 heteroatoms. The molecule has 0 spiro atoms. The van der Waals surface area contributed by atoms with Gasteiger partial charge in [0.2, 0.25) is 22.4 Å². The third-order valence-electron chi connectivity index (χ3n) is 5.79. The van der Waals surface area contributed by atoms with Gasteiger partial charge in [-0.15, -0.1) is 5.10 Å². The maximum Gasteiger partial charge on any atom is 0.261 e. The molecular weight excluding hydrogens is 624 g/mol. The average Bonchev–Trinajstić information content (AvgIpc) is 3.37. The SMILES string of the molecule is C=C(/C=C\C(N=NC(C)C)=C(C)C)c1ccn2nc(N)nc(NC(C)C)c12.CC.CCC(F)F.CS(=O)(=O)N1CCCC(F)(F)C1. The Morgan fingerprint density at radius 1 is 1.20 bits per heavy atom. The van der Waals surface area contributed by atoms with Gasteiger partial charge in [-0.1, -0.05) is 33.4 Å². The Morgan fingerprint density at radius 2 is 1.78 bits per heavy atom. The highest BCUT2D eigenvalue weighted by Gasteiger charge is 2.38. The van der Waals surface area contributed by atoms with Crippen molar-refractivity contribution >= 4 is 32.9 Å². The number of hydrogen-bond donors (Lipinski definition) is 2. The molecule has 2 aromatic rings. The zero-order chi connectivity index (χ0) is 35.8. The van der Waals surface area contributed by atoms with Crippen molar-refractivity contribution in [3.8, 4) is 0 Å². The molecule has 0 aromatic carbocycles. The van der Waals surface area contributed by atoms with E-state index in [1.165, 1.54) is 6.92 Å². The molecule has 1 aliphatic rings. The molecule has 262 valence electrons. The largest absolute Gasteiger partial charge is 0.366 e. The second kappa shape index (κ2) is 20.0. The fourth-order valence-electron chi connectivity index (χ4n) is 3.64. The van der Waals surface area contributed by atoms with Crippen LogP contribution in [0, 0.1) is 0 Å². The van der Waals surface area contributed by atoms with E-state index in [-0.39, 0.29) is 43.8 Å². The van der Waals surface area contributed by atoms with E-state index in [9.17, 15) is 26.0 Å². The summed E-state index contributed by atoms with van der Waals surface area (Å²) in [5, 5.41) is 16.1. The number of alkyl halides is 4. The number of allylic oxidation sites excluding steroid dienone is 4. The van der Waals surface area contributed by atoms with E-state index in [1.54, 1.807) is 4.52 Å². The van der Waals surface area contributed by atoms with E-state index in [2.05, 4.69) is 32.2 Å². The van der Waals surface area contributed by atoms with Crippen LogP contribution in [0.2, 0.25) is 0 Å². The Morgan fingerprint density at radius 3 is 2.22 bits per heavy atom. The zero-order valence-electron chi connectivity index (χ0n) is 28.8.